The number of nitrogens with zero attached hydrogens (tertiary/aromatic N) is 2. The summed E-state index contributed by atoms with van der Waals surface area (Å²) in [4.78, 5) is 31.5. The number of nitrogens with one attached hydrogen (secondary N) is 1. The number of hydrogen-bond donors (Lipinski definition) is 1. The first-order valence-electron chi connectivity index (χ1n) is 12.6. The van der Waals surface area contributed by atoms with Crippen LogP contribution in [0.15, 0.2) is 42.5 Å². The number of amides is 1. The molecule has 1 aliphatic heterocycles. The van der Waals surface area contributed by atoms with Gasteiger partial charge in [0, 0.05) is 37.6 Å². The summed E-state index contributed by atoms with van der Waals surface area (Å²) in [7, 11) is 0. The van der Waals surface area contributed by atoms with E-state index in [4.69, 9.17) is 4.74 Å². The molecule has 6 nitrogen and oxygen atoms in total. The Hall–Kier alpha value is -2.74. The first-order valence-corrected chi connectivity index (χ1v) is 13.5. The van der Waals surface area contributed by atoms with Crippen LogP contribution in [0.2, 0.25) is 0 Å². The number of fused-ring (bicyclic) bond motifs is 2. The maximum absolute atomic E-state index is 12.9. The predicted molar refractivity (Wildman–Crippen MR) is 141 cm³/mol. The lowest BCUT2D eigenvalue weighted by molar-refractivity contribution is -0.117. The van der Waals surface area contributed by atoms with Gasteiger partial charge in [-0.2, -0.15) is 0 Å². The van der Waals surface area contributed by atoms with Crippen LogP contribution in [-0.4, -0.2) is 61.0 Å². The van der Waals surface area contributed by atoms with E-state index in [1.54, 1.807) is 11.3 Å². The van der Waals surface area contributed by atoms with E-state index in [0.29, 0.717) is 23.7 Å². The Kier molecular flexibility index (Phi) is 7.46. The summed E-state index contributed by atoms with van der Waals surface area (Å²) in [5.74, 6) is -0.374. The molecule has 0 saturated carbocycles. The molecule has 2 aliphatic rings. The molecule has 2 heterocycles. The zero-order chi connectivity index (χ0) is 24.2. The van der Waals surface area contributed by atoms with Gasteiger partial charge in [-0.1, -0.05) is 42.5 Å². The predicted octanol–water partition coefficient (Wildman–Crippen LogP) is 4.71. The number of rotatable bonds is 7. The SMILES string of the molecule is CCOC(=O)c1c(NC(=O)CN2CCN(Cc3cccc4ccccc34)CC2)sc2c1CCCC2. The minimum Gasteiger partial charge on any atom is -0.462 e. The van der Waals surface area contributed by atoms with E-state index >= 15 is 0 Å². The molecule has 3 aromatic rings. The number of piperazine rings is 1. The average molecular weight is 492 g/mol. The van der Waals surface area contributed by atoms with Gasteiger partial charge >= 0.3 is 5.97 Å². The minimum atomic E-state index is -0.316. The van der Waals surface area contributed by atoms with Crippen molar-refractivity contribution < 1.29 is 14.3 Å². The molecule has 1 fully saturated rings. The molecule has 0 spiro atoms. The quantitative estimate of drug-likeness (QED) is 0.485. The second-order valence-corrected chi connectivity index (χ2v) is 10.5. The summed E-state index contributed by atoms with van der Waals surface area (Å²) < 4.78 is 5.31. The maximum Gasteiger partial charge on any atom is 0.341 e. The minimum absolute atomic E-state index is 0.0587. The van der Waals surface area contributed by atoms with E-state index < -0.39 is 0 Å². The summed E-state index contributed by atoms with van der Waals surface area (Å²) in [6.45, 7) is 6.97. The van der Waals surface area contributed by atoms with E-state index in [-0.39, 0.29) is 11.9 Å². The standard InChI is InChI=1S/C28H33N3O3S/c1-2-34-28(33)26-23-12-5-6-13-24(23)35-27(26)29-25(32)19-31-16-14-30(15-17-31)18-21-10-7-9-20-8-3-4-11-22(20)21/h3-4,7-11H,2,5-6,12-19H2,1H3,(H,29,32). The number of esters is 1. The Balaban J connectivity index is 1.18. The highest BCUT2D eigenvalue weighted by Crippen LogP contribution is 2.38. The van der Waals surface area contributed by atoms with Crippen molar-refractivity contribution >= 4 is 39.0 Å². The van der Waals surface area contributed by atoms with E-state index in [0.717, 1.165) is 64.0 Å². The van der Waals surface area contributed by atoms with E-state index in [9.17, 15) is 9.59 Å². The van der Waals surface area contributed by atoms with Gasteiger partial charge in [-0.05, 0) is 54.5 Å². The number of aryl methyl sites for hydroxylation is 1. The second kappa shape index (κ2) is 10.9. The highest BCUT2D eigenvalue weighted by atomic mass is 32.1. The summed E-state index contributed by atoms with van der Waals surface area (Å²) in [5, 5.41) is 6.30. The number of ether oxygens (including phenoxy) is 1. The van der Waals surface area contributed by atoms with Crippen LogP contribution in [0.1, 0.15) is 46.1 Å². The molecule has 5 rings (SSSR count). The molecule has 7 heteroatoms. The van der Waals surface area contributed by atoms with Gasteiger partial charge in [0.15, 0.2) is 0 Å². The Bertz CT molecular complexity index is 1210. The van der Waals surface area contributed by atoms with Gasteiger partial charge in [0.1, 0.15) is 5.00 Å². The normalized spacial score (nSPS) is 16.7. The van der Waals surface area contributed by atoms with Gasteiger partial charge in [0.05, 0.1) is 18.7 Å². The average Bonchev–Trinajstić information content (AvgIpc) is 3.23. The summed E-state index contributed by atoms with van der Waals surface area (Å²) in [6, 6.07) is 15.0. The van der Waals surface area contributed by atoms with Crippen LogP contribution in [0.3, 0.4) is 0 Å². The molecule has 2 aromatic carbocycles. The van der Waals surface area contributed by atoms with Crippen molar-refractivity contribution in [3.63, 3.8) is 0 Å². The van der Waals surface area contributed by atoms with Crippen LogP contribution >= 0.6 is 11.3 Å². The highest BCUT2D eigenvalue weighted by Gasteiger charge is 2.28. The van der Waals surface area contributed by atoms with E-state index in [2.05, 4.69) is 57.6 Å². The fourth-order valence-corrected chi connectivity index (χ4v) is 6.51. The van der Waals surface area contributed by atoms with Crippen molar-refractivity contribution in [2.75, 3.05) is 44.6 Å². The summed E-state index contributed by atoms with van der Waals surface area (Å²) in [5.41, 5.74) is 3.01. The zero-order valence-electron chi connectivity index (χ0n) is 20.3. The first-order chi connectivity index (χ1) is 17.1. The first kappa shape index (κ1) is 24.0. The lowest BCUT2D eigenvalue weighted by atomic mass is 9.95. The van der Waals surface area contributed by atoms with Crippen LogP contribution in [-0.2, 0) is 28.9 Å². The molecule has 0 bridgehead atoms. The van der Waals surface area contributed by atoms with Crippen molar-refractivity contribution in [1.29, 1.82) is 0 Å². The van der Waals surface area contributed by atoms with Crippen molar-refractivity contribution in [1.82, 2.24) is 9.80 Å². The maximum atomic E-state index is 12.9. The molecule has 0 radical (unpaired) electrons. The molecule has 1 saturated heterocycles. The van der Waals surface area contributed by atoms with Gasteiger partial charge in [0.25, 0.3) is 0 Å². The molecule has 184 valence electrons. The molecule has 1 aromatic heterocycles. The molecular formula is C28H33N3O3S. The van der Waals surface area contributed by atoms with Crippen molar-refractivity contribution in [3.8, 4) is 0 Å². The smallest absolute Gasteiger partial charge is 0.341 e. The molecule has 35 heavy (non-hydrogen) atoms. The molecule has 1 amide bonds. The van der Waals surface area contributed by atoms with Crippen LogP contribution < -0.4 is 5.32 Å². The number of anilines is 1. The molecule has 1 N–H and O–H groups in total. The fourth-order valence-electron chi connectivity index (χ4n) is 5.22. The summed E-state index contributed by atoms with van der Waals surface area (Å²) >= 11 is 1.55. The topological polar surface area (TPSA) is 61.9 Å². The fraction of sp³-hybridized carbons (Fsp3) is 0.429. The van der Waals surface area contributed by atoms with Crippen LogP contribution in [0.4, 0.5) is 5.00 Å². The zero-order valence-corrected chi connectivity index (χ0v) is 21.2. The van der Waals surface area contributed by atoms with Gasteiger partial charge in [-0.15, -0.1) is 11.3 Å². The molecular weight excluding hydrogens is 458 g/mol. The number of carbonyl (C=O) groups is 2. The molecule has 0 unspecified atom stereocenters. The summed E-state index contributed by atoms with van der Waals surface area (Å²) in [6.07, 6.45) is 4.06. The third-order valence-electron chi connectivity index (χ3n) is 7.01. The number of benzene rings is 2. The second-order valence-electron chi connectivity index (χ2n) is 9.37. The van der Waals surface area contributed by atoms with Gasteiger partial charge in [0.2, 0.25) is 5.91 Å². The number of hydrogen-bond acceptors (Lipinski definition) is 6. The van der Waals surface area contributed by atoms with E-state index in [1.165, 1.54) is 21.2 Å². The van der Waals surface area contributed by atoms with Gasteiger partial charge in [-0.25, -0.2) is 4.79 Å². The highest BCUT2D eigenvalue weighted by molar-refractivity contribution is 7.17. The van der Waals surface area contributed by atoms with E-state index in [1.807, 2.05) is 6.92 Å². The Morgan fingerprint density at radius 1 is 0.971 bits per heavy atom. The van der Waals surface area contributed by atoms with Crippen LogP contribution in [0.25, 0.3) is 10.8 Å². The van der Waals surface area contributed by atoms with Gasteiger partial charge in [-0.3, -0.25) is 14.6 Å². The Labute approximate surface area is 210 Å². The monoisotopic (exact) mass is 491 g/mol. The Morgan fingerprint density at radius 3 is 2.54 bits per heavy atom. The third kappa shape index (κ3) is 5.42. The lowest BCUT2D eigenvalue weighted by Gasteiger charge is -2.34. The lowest BCUT2D eigenvalue weighted by Crippen LogP contribution is -2.48. The van der Waals surface area contributed by atoms with Crippen molar-refractivity contribution in [3.05, 3.63) is 64.0 Å². The van der Waals surface area contributed by atoms with Crippen LogP contribution in [0.5, 0.6) is 0 Å². The van der Waals surface area contributed by atoms with Crippen molar-refractivity contribution in [2.24, 2.45) is 0 Å². The third-order valence-corrected chi connectivity index (χ3v) is 8.22. The van der Waals surface area contributed by atoms with Crippen molar-refractivity contribution in [2.45, 2.75) is 39.2 Å². The molecule has 1 aliphatic carbocycles. The van der Waals surface area contributed by atoms with Gasteiger partial charge < -0.3 is 10.1 Å². The molecule has 0 atom stereocenters. The Morgan fingerprint density at radius 2 is 1.71 bits per heavy atom. The number of thiophene rings is 1. The van der Waals surface area contributed by atoms with Crippen LogP contribution in [0, 0.1) is 0 Å². The largest absolute Gasteiger partial charge is 0.462 e. The number of carbonyl (C=O) groups excluding carboxylic acids is 2.